The molecule has 1 aliphatic rings. The summed E-state index contributed by atoms with van der Waals surface area (Å²) >= 11 is 6.43. The molecule has 30 heavy (non-hydrogen) atoms. The Labute approximate surface area is 175 Å². The number of benzene rings is 3. The van der Waals surface area contributed by atoms with Gasteiger partial charge in [0.25, 0.3) is 11.8 Å². The van der Waals surface area contributed by atoms with E-state index in [0.29, 0.717) is 26.5 Å². The van der Waals surface area contributed by atoms with Crippen LogP contribution in [-0.4, -0.2) is 27.4 Å². The highest BCUT2D eigenvalue weighted by Gasteiger charge is 2.41. The van der Waals surface area contributed by atoms with Gasteiger partial charge in [-0.1, -0.05) is 48.0 Å². The molecule has 0 fully saturated rings. The van der Waals surface area contributed by atoms with E-state index in [2.05, 4.69) is 5.43 Å². The van der Waals surface area contributed by atoms with Crippen LogP contribution in [0, 0.1) is 0 Å². The van der Waals surface area contributed by atoms with Crippen LogP contribution in [-0.2, 0) is 7.05 Å². The number of aryl methyl sites for hydroxylation is 1. The third-order valence-corrected chi connectivity index (χ3v) is 5.75. The van der Waals surface area contributed by atoms with Gasteiger partial charge in [-0.05, 0) is 23.8 Å². The number of carbonyl (C=O) groups excluding carboxylic acids is 3. The normalized spacial score (nSPS) is 13.3. The Balaban J connectivity index is 1.96. The van der Waals surface area contributed by atoms with E-state index in [1.54, 1.807) is 24.3 Å². The summed E-state index contributed by atoms with van der Waals surface area (Å²) in [6, 6.07) is 15.6. The third kappa shape index (κ3) is 2.36. The molecule has 1 aliphatic heterocycles. The van der Waals surface area contributed by atoms with Crippen LogP contribution in [0.5, 0.6) is 0 Å². The number of primary amides is 1. The van der Waals surface area contributed by atoms with Crippen molar-refractivity contribution < 1.29 is 14.4 Å². The van der Waals surface area contributed by atoms with E-state index in [0.717, 1.165) is 16.4 Å². The number of nitrogens with one attached hydrogen (secondary N) is 1. The van der Waals surface area contributed by atoms with Crippen molar-refractivity contribution in [1.29, 1.82) is 0 Å². The summed E-state index contributed by atoms with van der Waals surface area (Å²) in [5, 5.41) is 2.58. The zero-order valence-electron chi connectivity index (χ0n) is 15.8. The van der Waals surface area contributed by atoms with Gasteiger partial charge < -0.3 is 10.3 Å². The lowest BCUT2D eigenvalue weighted by molar-refractivity contribution is 0.0591. The molecule has 0 saturated carbocycles. The topological polar surface area (TPSA) is 97.4 Å². The average molecular weight is 419 g/mol. The van der Waals surface area contributed by atoms with Crippen molar-refractivity contribution in [2.45, 2.75) is 0 Å². The standard InChI is InChI=1S/C22H15ClN4O3/c1-26-15-9-5-3-7-12(15)17-16(26)10-13(11-6-2-4-8-14(11)23)18-19(17)21(29)27(20(18)28)25-22(24)30/h2-10H,1H3,(H3,24,25,30). The molecule has 3 aromatic carbocycles. The average Bonchev–Trinajstić information content (AvgIpc) is 3.15. The first-order valence-electron chi connectivity index (χ1n) is 9.14. The molecule has 1 aromatic heterocycles. The third-order valence-electron chi connectivity index (χ3n) is 5.42. The largest absolute Gasteiger partial charge is 0.350 e. The van der Waals surface area contributed by atoms with E-state index in [9.17, 15) is 14.4 Å². The summed E-state index contributed by atoms with van der Waals surface area (Å²) in [6.45, 7) is 0. The van der Waals surface area contributed by atoms with Crippen LogP contribution in [0.15, 0.2) is 54.6 Å². The Morgan fingerprint density at radius 1 is 0.933 bits per heavy atom. The summed E-state index contributed by atoms with van der Waals surface area (Å²) in [6.07, 6.45) is 0. The summed E-state index contributed by atoms with van der Waals surface area (Å²) in [5.74, 6) is -1.29. The van der Waals surface area contributed by atoms with Crippen LogP contribution in [0.1, 0.15) is 20.7 Å². The minimum atomic E-state index is -1.00. The highest BCUT2D eigenvalue weighted by Crippen LogP contribution is 2.43. The smallest absolute Gasteiger partial charge is 0.331 e. The molecule has 0 unspecified atom stereocenters. The Bertz CT molecular complexity index is 1420. The molecule has 5 rings (SSSR count). The zero-order chi connectivity index (χ0) is 21.2. The molecule has 0 radical (unpaired) electrons. The fourth-order valence-corrected chi connectivity index (χ4v) is 4.41. The molecular weight excluding hydrogens is 404 g/mol. The van der Waals surface area contributed by atoms with E-state index in [4.69, 9.17) is 17.3 Å². The highest BCUT2D eigenvalue weighted by molar-refractivity contribution is 6.36. The molecule has 0 bridgehead atoms. The maximum absolute atomic E-state index is 13.3. The number of imide groups is 1. The van der Waals surface area contributed by atoms with Gasteiger partial charge in [0.05, 0.1) is 16.6 Å². The maximum atomic E-state index is 13.3. The summed E-state index contributed by atoms with van der Waals surface area (Å²) in [7, 11) is 1.90. The van der Waals surface area contributed by atoms with Gasteiger partial charge in [-0.3, -0.25) is 9.59 Å². The molecule has 0 spiro atoms. The van der Waals surface area contributed by atoms with Crippen LogP contribution in [0.2, 0.25) is 5.02 Å². The second kappa shape index (κ2) is 6.33. The van der Waals surface area contributed by atoms with Gasteiger partial charge >= 0.3 is 6.03 Å². The van der Waals surface area contributed by atoms with Crippen LogP contribution < -0.4 is 11.2 Å². The predicted molar refractivity (Wildman–Crippen MR) is 114 cm³/mol. The van der Waals surface area contributed by atoms with Gasteiger partial charge in [0.15, 0.2) is 0 Å². The Morgan fingerprint density at radius 2 is 1.60 bits per heavy atom. The van der Waals surface area contributed by atoms with Gasteiger partial charge in [0, 0.05) is 33.9 Å². The first kappa shape index (κ1) is 18.2. The van der Waals surface area contributed by atoms with Gasteiger partial charge in [0.1, 0.15) is 0 Å². The van der Waals surface area contributed by atoms with Crippen molar-refractivity contribution in [3.8, 4) is 11.1 Å². The fraction of sp³-hybridized carbons (Fsp3) is 0.0455. The SMILES string of the molecule is Cn1c2ccccc2c2c3c(c(-c4ccccc4Cl)cc21)C(=O)N(NC(N)=O)C3=O. The number of aromatic nitrogens is 1. The van der Waals surface area contributed by atoms with Crippen LogP contribution in [0.25, 0.3) is 32.9 Å². The first-order valence-corrected chi connectivity index (χ1v) is 9.52. The minimum absolute atomic E-state index is 0.186. The number of rotatable bonds is 2. The van der Waals surface area contributed by atoms with Crippen molar-refractivity contribution in [2.24, 2.45) is 12.8 Å². The van der Waals surface area contributed by atoms with Crippen LogP contribution in [0.4, 0.5) is 4.79 Å². The molecule has 0 aliphatic carbocycles. The number of halogens is 1. The van der Waals surface area contributed by atoms with Gasteiger partial charge in [-0.2, -0.15) is 5.01 Å². The Hall–Kier alpha value is -3.84. The molecule has 2 heterocycles. The molecule has 0 saturated heterocycles. The number of nitrogens with two attached hydrogens (primary N) is 1. The molecule has 7 nitrogen and oxygen atoms in total. The monoisotopic (exact) mass is 418 g/mol. The first-order chi connectivity index (χ1) is 14.4. The van der Waals surface area contributed by atoms with E-state index < -0.39 is 17.8 Å². The number of hydrogen-bond donors (Lipinski definition) is 2. The van der Waals surface area contributed by atoms with E-state index in [-0.39, 0.29) is 11.1 Å². The van der Waals surface area contributed by atoms with E-state index in [1.165, 1.54) is 0 Å². The van der Waals surface area contributed by atoms with Crippen molar-refractivity contribution >= 4 is 51.3 Å². The Kier molecular flexibility index (Phi) is 3.84. The molecule has 4 aromatic rings. The van der Waals surface area contributed by atoms with Crippen molar-refractivity contribution in [1.82, 2.24) is 15.0 Å². The highest BCUT2D eigenvalue weighted by atomic mass is 35.5. The predicted octanol–water partition coefficient (Wildman–Crippen LogP) is 3.83. The number of carbonyl (C=O) groups is 3. The second-order valence-electron chi connectivity index (χ2n) is 7.05. The molecule has 148 valence electrons. The lowest BCUT2D eigenvalue weighted by atomic mass is 9.93. The molecule has 8 heteroatoms. The van der Waals surface area contributed by atoms with E-state index >= 15 is 0 Å². The van der Waals surface area contributed by atoms with Crippen molar-refractivity contribution in [2.75, 3.05) is 0 Å². The lowest BCUT2D eigenvalue weighted by Gasteiger charge is -2.13. The van der Waals surface area contributed by atoms with Crippen molar-refractivity contribution in [3.63, 3.8) is 0 Å². The van der Waals surface area contributed by atoms with E-state index in [1.807, 2.05) is 41.9 Å². The number of para-hydroxylation sites is 1. The maximum Gasteiger partial charge on any atom is 0.331 e. The number of nitrogens with zero attached hydrogens (tertiary/aromatic N) is 2. The lowest BCUT2D eigenvalue weighted by Crippen LogP contribution is -2.48. The number of fused-ring (bicyclic) bond motifs is 5. The summed E-state index contributed by atoms with van der Waals surface area (Å²) in [4.78, 5) is 37.9. The van der Waals surface area contributed by atoms with Crippen LogP contribution in [0.3, 0.4) is 0 Å². The number of hydrazine groups is 1. The quantitative estimate of drug-likeness (QED) is 0.484. The summed E-state index contributed by atoms with van der Waals surface area (Å²) < 4.78 is 1.97. The minimum Gasteiger partial charge on any atom is -0.350 e. The van der Waals surface area contributed by atoms with Crippen molar-refractivity contribution in [3.05, 3.63) is 70.7 Å². The van der Waals surface area contributed by atoms with Gasteiger partial charge in [-0.25, -0.2) is 10.2 Å². The van der Waals surface area contributed by atoms with Gasteiger partial charge in [0.2, 0.25) is 0 Å². The zero-order valence-corrected chi connectivity index (χ0v) is 16.5. The number of amides is 4. The molecule has 3 N–H and O–H groups in total. The molecule has 0 atom stereocenters. The molecule has 4 amide bonds. The number of hydrogen-bond acceptors (Lipinski definition) is 3. The number of urea groups is 1. The fourth-order valence-electron chi connectivity index (χ4n) is 4.17. The summed E-state index contributed by atoms with van der Waals surface area (Å²) in [5.41, 5.74) is 10.5. The Morgan fingerprint density at radius 3 is 2.33 bits per heavy atom. The van der Waals surface area contributed by atoms with Gasteiger partial charge in [-0.15, -0.1) is 0 Å². The second-order valence-corrected chi connectivity index (χ2v) is 7.45. The molecular formula is C22H15ClN4O3. The van der Waals surface area contributed by atoms with Crippen LogP contribution >= 0.6 is 11.6 Å².